The Morgan fingerprint density at radius 1 is 1.21 bits per heavy atom. The van der Waals surface area contributed by atoms with E-state index >= 15 is 0 Å². The van der Waals surface area contributed by atoms with Crippen molar-refractivity contribution in [1.29, 1.82) is 0 Å². The third-order valence-electron chi connectivity index (χ3n) is 5.68. The summed E-state index contributed by atoms with van der Waals surface area (Å²) in [7, 11) is 4.73. The Bertz CT molecular complexity index is 862. The lowest BCUT2D eigenvalue weighted by Crippen LogP contribution is -2.52. The minimum absolute atomic E-state index is 0.00764. The standard InChI is InChI=1S/C24H38N4O6/c1-15(2)25-24(31)28-11-16(3)21(33-7)12-27(5)23(30)19-10-18(26-22(29)14-32-6)8-9-20(19)34-13-17(28)4/h8-10,15-17,21H,11-14H2,1-7H3,(H,25,31)(H,26,29)/t16-,17+,21+/m1/s1. The molecule has 1 aromatic rings. The van der Waals surface area contributed by atoms with E-state index in [-0.39, 0.29) is 55.2 Å². The van der Waals surface area contributed by atoms with Crippen LogP contribution in [0.15, 0.2) is 18.2 Å². The molecule has 2 rings (SSSR count). The molecule has 0 fully saturated rings. The van der Waals surface area contributed by atoms with Gasteiger partial charge in [0.05, 0.1) is 17.7 Å². The number of likely N-dealkylation sites (N-methyl/N-ethyl adjacent to an activating group) is 1. The van der Waals surface area contributed by atoms with Gasteiger partial charge >= 0.3 is 6.03 Å². The molecule has 1 aliphatic rings. The van der Waals surface area contributed by atoms with E-state index in [0.29, 0.717) is 30.1 Å². The van der Waals surface area contributed by atoms with E-state index in [1.54, 1.807) is 42.2 Å². The van der Waals surface area contributed by atoms with E-state index in [4.69, 9.17) is 14.2 Å². The zero-order valence-electron chi connectivity index (χ0n) is 21.2. The van der Waals surface area contributed by atoms with Crippen molar-refractivity contribution in [2.45, 2.75) is 45.9 Å². The summed E-state index contributed by atoms with van der Waals surface area (Å²) in [4.78, 5) is 41.5. The molecule has 4 amide bonds. The minimum atomic E-state index is -0.328. The molecule has 0 radical (unpaired) electrons. The number of benzene rings is 1. The van der Waals surface area contributed by atoms with Crippen molar-refractivity contribution in [1.82, 2.24) is 15.1 Å². The minimum Gasteiger partial charge on any atom is -0.491 e. The molecular formula is C24H38N4O6. The van der Waals surface area contributed by atoms with Gasteiger partial charge in [0.2, 0.25) is 5.91 Å². The fourth-order valence-electron chi connectivity index (χ4n) is 3.80. The molecule has 0 saturated carbocycles. The van der Waals surface area contributed by atoms with Crippen molar-refractivity contribution in [3.63, 3.8) is 0 Å². The second kappa shape index (κ2) is 12.6. The first-order valence-electron chi connectivity index (χ1n) is 11.5. The molecule has 34 heavy (non-hydrogen) atoms. The predicted octanol–water partition coefficient (Wildman–Crippen LogP) is 2.20. The molecular weight excluding hydrogens is 440 g/mol. The third-order valence-corrected chi connectivity index (χ3v) is 5.68. The normalized spacial score (nSPS) is 21.8. The number of hydrogen-bond donors (Lipinski definition) is 2. The Kier molecular flexibility index (Phi) is 10.1. The fraction of sp³-hybridized carbons (Fsp3) is 0.625. The Morgan fingerprint density at radius 2 is 1.91 bits per heavy atom. The summed E-state index contributed by atoms with van der Waals surface area (Å²) in [5.74, 6) is -0.250. The first-order chi connectivity index (χ1) is 16.1. The van der Waals surface area contributed by atoms with Gasteiger partial charge in [-0.2, -0.15) is 0 Å². The van der Waals surface area contributed by atoms with Gasteiger partial charge in [0.15, 0.2) is 0 Å². The summed E-state index contributed by atoms with van der Waals surface area (Å²) in [5.41, 5.74) is 0.770. The zero-order chi connectivity index (χ0) is 25.4. The molecule has 10 heteroatoms. The molecule has 0 bridgehead atoms. The summed E-state index contributed by atoms with van der Waals surface area (Å²) >= 11 is 0. The maximum Gasteiger partial charge on any atom is 0.317 e. The summed E-state index contributed by atoms with van der Waals surface area (Å²) in [6.07, 6.45) is -0.288. The van der Waals surface area contributed by atoms with Crippen LogP contribution < -0.4 is 15.4 Å². The number of carbonyl (C=O) groups excluding carboxylic acids is 3. The van der Waals surface area contributed by atoms with Gasteiger partial charge in [-0.15, -0.1) is 0 Å². The maximum atomic E-state index is 13.3. The highest BCUT2D eigenvalue weighted by Crippen LogP contribution is 2.26. The smallest absolute Gasteiger partial charge is 0.317 e. The molecule has 0 spiro atoms. The third kappa shape index (κ3) is 7.33. The van der Waals surface area contributed by atoms with Gasteiger partial charge in [0, 0.05) is 52.0 Å². The second-order valence-electron chi connectivity index (χ2n) is 9.05. The molecule has 0 aromatic heterocycles. The molecule has 1 aliphatic heterocycles. The van der Waals surface area contributed by atoms with Crippen LogP contribution in [0.2, 0.25) is 0 Å². The Morgan fingerprint density at radius 3 is 2.53 bits per heavy atom. The molecule has 0 saturated heterocycles. The van der Waals surface area contributed by atoms with Crippen molar-refractivity contribution >= 4 is 23.5 Å². The number of hydrogen-bond acceptors (Lipinski definition) is 6. The van der Waals surface area contributed by atoms with E-state index in [0.717, 1.165) is 0 Å². The average molecular weight is 479 g/mol. The highest BCUT2D eigenvalue weighted by Gasteiger charge is 2.30. The lowest BCUT2D eigenvalue weighted by molar-refractivity contribution is -0.119. The van der Waals surface area contributed by atoms with E-state index < -0.39 is 0 Å². The second-order valence-corrected chi connectivity index (χ2v) is 9.05. The average Bonchev–Trinajstić information content (AvgIpc) is 2.77. The summed E-state index contributed by atoms with van der Waals surface area (Å²) in [5, 5.41) is 5.67. The van der Waals surface area contributed by atoms with Gasteiger partial charge in [0.25, 0.3) is 5.91 Å². The van der Waals surface area contributed by atoms with Gasteiger partial charge in [-0.3, -0.25) is 9.59 Å². The predicted molar refractivity (Wildman–Crippen MR) is 129 cm³/mol. The number of urea groups is 1. The number of methoxy groups -OCH3 is 2. The van der Waals surface area contributed by atoms with Crippen molar-refractivity contribution in [2.75, 3.05) is 52.9 Å². The van der Waals surface area contributed by atoms with Crippen LogP contribution in [0.4, 0.5) is 10.5 Å². The number of nitrogens with one attached hydrogen (secondary N) is 2. The van der Waals surface area contributed by atoms with Gasteiger partial charge in [-0.25, -0.2) is 4.79 Å². The van der Waals surface area contributed by atoms with Gasteiger partial charge in [-0.05, 0) is 39.0 Å². The molecule has 1 aromatic carbocycles. The maximum absolute atomic E-state index is 13.3. The number of anilines is 1. The van der Waals surface area contributed by atoms with Crippen LogP contribution in [0.5, 0.6) is 5.75 Å². The number of carbonyl (C=O) groups is 3. The first kappa shape index (κ1) is 27.4. The Labute approximate surface area is 201 Å². The van der Waals surface area contributed by atoms with Gasteiger partial charge in [-0.1, -0.05) is 6.92 Å². The number of rotatable bonds is 5. The van der Waals surface area contributed by atoms with Crippen LogP contribution in [0, 0.1) is 5.92 Å². The van der Waals surface area contributed by atoms with Crippen molar-refractivity contribution in [2.24, 2.45) is 5.92 Å². The Balaban J connectivity index is 2.42. The summed E-state index contributed by atoms with van der Waals surface area (Å²) in [6.45, 7) is 8.60. The Hall–Kier alpha value is -2.85. The molecule has 2 N–H and O–H groups in total. The highest BCUT2D eigenvalue weighted by molar-refractivity contribution is 5.99. The topological polar surface area (TPSA) is 109 Å². The molecule has 0 unspecified atom stereocenters. The lowest BCUT2D eigenvalue weighted by atomic mass is 10.0. The van der Waals surface area contributed by atoms with E-state index in [2.05, 4.69) is 10.6 Å². The van der Waals surface area contributed by atoms with E-state index in [1.807, 2.05) is 27.7 Å². The van der Waals surface area contributed by atoms with Crippen molar-refractivity contribution in [3.05, 3.63) is 23.8 Å². The number of amides is 4. The van der Waals surface area contributed by atoms with Crippen LogP contribution in [0.25, 0.3) is 0 Å². The van der Waals surface area contributed by atoms with Crippen molar-refractivity contribution in [3.8, 4) is 5.75 Å². The number of fused-ring (bicyclic) bond motifs is 1. The zero-order valence-corrected chi connectivity index (χ0v) is 21.2. The lowest BCUT2D eigenvalue weighted by Gasteiger charge is -2.36. The SMILES string of the molecule is COCC(=O)Nc1ccc2c(c1)C(=O)N(C)C[C@H](OC)[C@H](C)CN(C(=O)NC(C)C)[C@@H](C)CO2. The summed E-state index contributed by atoms with van der Waals surface area (Å²) in [6, 6.07) is 4.46. The molecule has 0 aliphatic carbocycles. The van der Waals surface area contributed by atoms with Gasteiger partial charge in [0.1, 0.15) is 19.0 Å². The first-order valence-corrected chi connectivity index (χ1v) is 11.5. The quantitative estimate of drug-likeness (QED) is 0.672. The summed E-state index contributed by atoms with van der Waals surface area (Å²) < 4.78 is 16.6. The molecule has 10 nitrogen and oxygen atoms in total. The number of nitrogens with zero attached hydrogens (tertiary/aromatic N) is 2. The van der Waals surface area contributed by atoms with E-state index in [9.17, 15) is 14.4 Å². The van der Waals surface area contributed by atoms with Crippen LogP contribution in [0.1, 0.15) is 38.1 Å². The highest BCUT2D eigenvalue weighted by atomic mass is 16.5. The van der Waals surface area contributed by atoms with E-state index in [1.165, 1.54) is 7.11 Å². The van der Waals surface area contributed by atoms with Crippen LogP contribution in [-0.4, -0.2) is 93.4 Å². The molecule has 1 heterocycles. The number of ether oxygens (including phenoxy) is 3. The fourth-order valence-corrected chi connectivity index (χ4v) is 3.80. The van der Waals surface area contributed by atoms with Crippen molar-refractivity contribution < 1.29 is 28.6 Å². The molecule has 190 valence electrons. The van der Waals surface area contributed by atoms with Crippen LogP contribution in [0.3, 0.4) is 0 Å². The monoisotopic (exact) mass is 478 g/mol. The largest absolute Gasteiger partial charge is 0.491 e. The van der Waals surface area contributed by atoms with Crippen LogP contribution >= 0.6 is 0 Å². The van der Waals surface area contributed by atoms with Gasteiger partial charge < -0.3 is 34.6 Å². The van der Waals surface area contributed by atoms with Crippen LogP contribution in [-0.2, 0) is 14.3 Å². The molecule has 3 atom stereocenters.